The van der Waals surface area contributed by atoms with Crippen molar-refractivity contribution >= 4 is 65.0 Å². The van der Waals surface area contributed by atoms with E-state index in [9.17, 15) is 43.8 Å². The van der Waals surface area contributed by atoms with Crippen LogP contribution in [0.3, 0.4) is 0 Å². The first-order valence-electron chi connectivity index (χ1n) is 32.5. The normalized spacial score (nSPS) is 27.0. The molecule has 25 nitrogen and oxygen atoms in total. The van der Waals surface area contributed by atoms with Crippen molar-refractivity contribution in [3.8, 4) is 0 Å². The van der Waals surface area contributed by atoms with Gasteiger partial charge in [0.2, 0.25) is 65.0 Å². The van der Waals surface area contributed by atoms with Crippen LogP contribution in [0, 0.1) is 35.5 Å². The number of hydrogen-bond acceptors (Lipinski definition) is 14. The third kappa shape index (κ3) is 23.0. The molecule has 91 heavy (non-hydrogen) atoms. The van der Waals surface area contributed by atoms with E-state index in [2.05, 4.69) is 27.8 Å². The molecule has 0 bridgehead atoms. The number of amides is 11. The summed E-state index contributed by atoms with van der Waals surface area (Å²) < 4.78 is 6.12. The molecule has 14 atom stereocenters. The summed E-state index contributed by atoms with van der Waals surface area (Å²) in [4.78, 5) is 171. The average molecular weight is 1290 g/mol. The van der Waals surface area contributed by atoms with E-state index < -0.39 is 161 Å². The monoisotopic (exact) mass is 1290 g/mol. The van der Waals surface area contributed by atoms with Gasteiger partial charge >= 0.3 is 0 Å². The number of unbranched alkanes of at least 4 members (excludes halogenated alkanes) is 1. The Kier molecular flexibility index (Phi) is 34.9. The summed E-state index contributed by atoms with van der Waals surface area (Å²) in [6.07, 6.45) is 3.15. The number of nitrogens with one attached hydrogen (secondary N) is 4. The lowest BCUT2D eigenvalue weighted by Crippen LogP contribution is -2.64. The van der Waals surface area contributed by atoms with Crippen LogP contribution in [0.25, 0.3) is 0 Å². The fourth-order valence-electron chi connectivity index (χ4n) is 11.5. The maximum absolute atomic E-state index is 15.2. The molecule has 0 aromatic heterocycles. The summed E-state index contributed by atoms with van der Waals surface area (Å²) >= 11 is 0. The molecule has 1 aliphatic rings. The average Bonchev–Trinajstić information content (AvgIpc) is 1.11. The van der Waals surface area contributed by atoms with Gasteiger partial charge in [0.1, 0.15) is 66.5 Å². The predicted molar refractivity (Wildman–Crippen MR) is 350 cm³/mol. The van der Waals surface area contributed by atoms with Crippen LogP contribution < -0.4 is 21.3 Å². The zero-order valence-corrected chi connectivity index (χ0v) is 59.2. The summed E-state index contributed by atoms with van der Waals surface area (Å²) in [6.45, 7) is 32.3. The molecule has 1 aliphatic heterocycles. The Hall–Kier alpha value is -6.47. The van der Waals surface area contributed by atoms with Crippen LogP contribution in [-0.2, 0) is 57.5 Å². The van der Waals surface area contributed by atoms with E-state index >= 15 is 19.2 Å². The molecule has 1 fully saturated rings. The van der Waals surface area contributed by atoms with Gasteiger partial charge in [-0.25, -0.2) is 0 Å². The van der Waals surface area contributed by atoms with Crippen molar-refractivity contribution in [2.75, 3.05) is 62.0 Å². The molecule has 0 spiro atoms. The van der Waals surface area contributed by atoms with Gasteiger partial charge in [0, 0.05) is 68.0 Å². The number of ether oxygens (including phenoxy) is 1. The van der Waals surface area contributed by atoms with Crippen molar-refractivity contribution in [1.29, 1.82) is 0 Å². The van der Waals surface area contributed by atoms with E-state index in [1.54, 1.807) is 67.5 Å². The van der Waals surface area contributed by atoms with E-state index in [0.29, 0.717) is 12.8 Å². The number of rotatable bonds is 20. The van der Waals surface area contributed by atoms with Crippen molar-refractivity contribution in [3.63, 3.8) is 0 Å². The highest BCUT2D eigenvalue weighted by atomic mass is 16.5. The van der Waals surface area contributed by atoms with Gasteiger partial charge in [-0.3, -0.25) is 52.7 Å². The van der Waals surface area contributed by atoms with E-state index in [0.717, 1.165) is 9.80 Å². The molecular weight excluding hydrogens is 1170 g/mol. The Bertz CT molecular complexity index is 2490. The second-order valence-corrected chi connectivity index (χ2v) is 26.7. The van der Waals surface area contributed by atoms with Crippen LogP contribution in [0.4, 0.5) is 0 Å². The van der Waals surface area contributed by atoms with Gasteiger partial charge in [-0.15, -0.1) is 6.58 Å². The van der Waals surface area contributed by atoms with Crippen LogP contribution in [0.15, 0.2) is 24.8 Å². The topological polar surface area (TPSA) is 308 Å². The third-order valence-corrected chi connectivity index (χ3v) is 17.0. The van der Waals surface area contributed by atoms with E-state index in [4.69, 9.17) is 4.74 Å². The van der Waals surface area contributed by atoms with Gasteiger partial charge in [-0.05, 0) is 103 Å². The highest BCUT2D eigenvalue weighted by molar-refractivity contribution is 6.00. The SMILES string of the molecule is C=CCN1C(=O)[C@H](CC)NC(=O)[C@H]([C@H](O)[C@H](C)/C=C/C)N(C)C(=O)[C@H](C(C)C)N(C)C(=O)[C@H](CC(C)C)N(C)C(=O)[C@H](CC(C)C)N(C)C(=O)[C@@H](C)NC(=O)[C@H](C)NC(=O)[C@H](CC(C)C)N(C)C(=O)[C@H](C(C)C)NC(=O)C([C@@H](C)OCCCCO)N(C)C(=O)[C@H]1C. The summed E-state index contributed by atoms with van der Waals surface area (Å²) in [6, 6.07) is -14.5. The molecule has 1 unspecified atom stereocenters. The lowest BCUT2D eigenvalue weighted by atomic mass is 9.93. The first-order chi connectivity index (χ1) is 42.2. The number of aliphatic hydroxyl groups excluding tert-OH is 2. The molecule has 0 saturated carbocycles. The molecule has 0 aromatic carbocycles. The quantitative estimate of drug-likeness (QED) is 0.0755. The Labute approximate surface area is 543 Å². The van der Waals surface area contributed by atoms with Crippen molar-refractivity contribution in [2.24, 2.45) is 35.5 Å². The lowest BCUT2D eigenvalue weighted by molar-refractivity contribution is -0.157. The summed E-state index contributed by atoms with van der Waals surface area (Å²) in [7, 11) is 8.38. The van der Waals surface area contributed by atoms with Crippen LogP contribution in [0.1, 0.15) is 156 Å². The summed E-state index contributed by atoms with van der Waals surface area (Å²) in [5.74, 6) is -10.6. The first kappa shape index (κ1) is 82.5. The summed E-state index contributed by atoms with van der Waals surface area (Å²) in [5, 5.41) is 32.6. The molecular formula is C66H117N11O14. The molecule has 520 valence electrons. The lowest BCUT2D eigenvalue weighted by Gasteiger charge is -2.41. The minimum atomic E-state index is -1.69. The Morgan fingerprint density at radius 1 is 0.516 bits per heavy atom. The van der Waals surface area contributed by atoms with Gasteiger partial charge in [0.15, 0.2) is 0 Å². The van der Waals surface area contributed by atoms with Gasteiger partial charge in [-0.1, -0.05) is 101 Å². The Morgan fingerprint density at radius 2 is 0.978 bits per heavy atom. The zero-order valence-electron chi connectivity index (χ0n) is 59.2. The zero-order chi connectivity index (χ0) is 70.4. The van der Waals surface area contributed by atoms with Crippen molar-refractivity contribution in [3.05, 3.63) is 24.8 Å². The summed E-state index contributed by atoms with van der Waals surface area (Å²) in [5.41, 5.74) is 0. The van der Waals surface area contributed by atoms with Crippen LogP contribution in [-0.4, -0.2) is 250 Å². The largest absolute Gasteiger partial charge is 0.396 e. The number of allylic oxidation sites excluding steroid dienone is 1. The van der Waals surface area contributed by atoms with Crippen LogP contribution >= 0.6 is 0 Å². The van der Waals surface area contributed by atoms with E-state index in [1.165, 1.54) is 93.6 Å². The van der Waals surface area contributed by atoms with Crippen LogP contribution in [0.2, 0.25) is 0 Å². The van der Waals surface area contributed by atoms with E-state index in [-0.39, 0.29) is 63.2 Å². The Morgan fingerprint density at radius 3 is 1.45 bits per heavy atom. The molecule has 0 aromatic rings. The number of nitrogens with zero attached hydrogens (tertiary/aromatic N) is 7. The number of likely N-dealkylation sites (N-methyl/N-ethyl adjacent to an activating group) is 6. The van der Waals surface area contributed by atoms with Crippen molar-refractivity contribution in [2.45, 2.75) is 235 Å². The minimum absolute atomic E-state index is 0.0489. The van der Waals surface area contributed by atoms with Crippen molar-refractivity contribution < 1.29 is 67.7 Å². The van der Waals surface area contributed by atoms with Crippen LogP contribution in [0.5, 0.6) is 0 Å². The molecule has 1 rings (SSSR count). The molecule has 1 heterocycles. The molecule has 0 radical (unpaired) electrons. The predicted octanol–water partition coefficient (Wildman–Crippen LogP) is 2.96. The number of aliphatic hydroxyl groups is 2. The highest BCUT2D eigenvalue weighted by Crippen LogP contribution is 2.26. The van der Waals surface area contributed by atoms with Gasteiger partial charge < -0.3 is 70.5 Å². The van der Waals surface area contributed by atoms with E-state index in [1.807, 2.05) is 41.5 Å². The maximum atomic E-state index is 15.2. The second-order valence-electron chi connectivity index (χ2n) is 26.7. The highest BCUT2D eigenvalue weighted by Gasteiger charge is 2.46. The minimum Gasteiger partial charge on any atom is -0.396 e. The molecule has 1 saturated heterocycles. The standard InChI is InChI=1S/C66H117N11O14/c1-25-30-42(14)55(79)54-59(83)69-47(27-3)62(86)77(31-26-2)45(17)61(85)75(23)53(46(18)91-33-29-28-32-78)58(82)70-51(40(10)11)65(89)71(19)48(34-37(4)5)57(81)67-43(15)56(80)68-44(16)60(84)72(20)49(35-38(6)7)63(87)73(21)50(36-39(8)9)64(88)74(22)52(41(12)13)66(90)76(54)24/h25-26,30,37-55,78-79H,2,27-29,31-36H2,1,3-24H3,(H,67,81)(H,68,80)(H,69,83)(H,70,82)/b30-25+/t42-,43+,44-,45-,46-,47+,48+,49+,50+,51+,52+,53?,54+,55-/m1/s1. The second kappa shape index (κ2) is 38.5. The van der Waals surface area contributed by atoms with Crippen molar-refractivity contribution in [1.82, 2.24) is 55.6 Å². The molecule has 0 aliphatic carbocycles. The first-order valence-corrected chi connectivity index (χ1v) is 32.5. The fraction of sp³-hybridized carbons (Fsp3) is 0.773. The maximum Gasteiger partial charge on any atom is 0.246 e. The molecule has 6 N–H and O–H groups in total. The molecule has 25 heteroatoms. The third-order valence-electron chi connectivity index (χ3n) is 17.0. The molecule has 11 amide bonds. The smallest absolute Gasteiger partial charge is 0.246 e. The number of hydrogen-bond donors (Lipinski definition) is 6. The van der Waals surface area contributed by atoms with Gasteiger partial charge in [0.25, 0.3) is 0 Å². The fourth-order valence-corrected chi connectivity index (χ4v) is 11.5. The number of carbonyl (C=O) groups is 11. The number of carbonyl (C=O) groups excluding carboxylic acids is 11. The van der Waals surface area contributed by atoms with Gasteiger partial charge in [0.05, 0.1) is 12.2 Å². The van der Waals surface area contributed by atoms with Gasteiger partial charge in [-0.2, -0.15) is 0 Å². The Balaban J connectivity index is 4.51.